The number of nitrogens with one attached hydrogen (secondary N) is 2. The number of hydrogen-bond donors (Lipinski definition) is 3. The molecule has 0 bridgehead atoms. The Bertz CT molecular complexity index is 705. The molecule has 1 saturated carbocycles. The largest absolute Gasteiger partial charge is 0.378 e. The van der Waals surface area contributed by atoms with Gasteiger partial charge in [-0.15, -0.1) is 24.0 Å². The van der Waals surface area contributed by atoms with Crippen LogP contribution in [-0.4, -0.2) is 46.7 Å². The van der Waals surface area contributed by atoms with Crippen molar-refractivity contribution < 1.29 is 13.2 Å². The number of aliphatic imine (C=N–C) groups is 1. The molecule has 2 rings (SSSR count). The third-order valence-electron chi connectivity index (χ3n) is 4.78. The van der Waals surface area contributed by atoms with Crippen LogP contribution in [0, 0.1) is 0 Å². The Hall–Kier alpha value is -0.910. The predicted molar refractivity (Wildman–Crippen MR) is 128 cm³/mol. The van der Waals surface area contributed by atoms with E-state index in [-0.39, 0.29) is 28.9 Å². The van der Waals surface area contributed by atoms with Gasteiger partial charge in [0.2, 0.25) is 10.0 Å². The van der Waals surface area contributed by atoms with Crippen molar-refractivity contribution in [1.82, 2.24) is 10.6 Å². The monoisotopic (exact) mass is 538 g/mol. The maximum atomic E-state index is 11.3. The van der Waals surface area contributed by atoms with Crippen LogP contribution in [-0.2, 0) is 21.2 Å². The summed E-state index contributed by atoms with van der Waals surface area (Å²) in [7, 11) is -3.64. The Balaban J connectivity index is 0.00000420. The first-order valence-electron chi connectivity index (χ1n) is 10.2. The van der Waals surface area contributed by atoms with Crippen LogP contribution >= 0.6 is 24.0 Å². The van der Waals surface area contributed by atoms with Crippen LogP contribution in [0.2, 0.25) is 0 Å². The minimum Gasteiger partial charge on any atom is -0.378 e. The number of benzene rings is 1. The van der Waals surface area contributed by atoms with E-state index in [0.717, 1.165) is 44.1 Å². The summed E-state index contributed by atoms with van der Waals surface area (Å²) in [5.74, 6) is 0.793. The quantitative estimate of drug-likeness (QED) is 0.184. The van der Waals surface area contributed by atoms with Gasteiger partial charge >= 0.3 is 0 Å². The normalized spacial score (nSPS) is 15.6. The van der Waals surface area contributed by atoms with Gasteiger partial charge in [0.15, 0.2) is 5.96 Å². The van der Waals surface area contributed by atoms with Crippen molar-refractivity contribution in [2.75, 3.05) is 26.2 Å². The van der Waals surface area contributed by atoms with E-state index in [0.29, 0.717) is 12.6 Å². The van der Waals surface area contributed by atoms with Gasteiger partial charge in [-0.1, -0.05) is 31.4 Å². The predicted octanol–water partition coefficient (Wildman–Crippen LogP) is 2.79. The van der Waals surface area contributed by atoms with Crippen LogP contribution in [0.15, 0.2) is 34.2 Å². The topological polar surface area (TPSA) is 106 Å². The maximum absolute atomic E-state index is 11.3. The van der Waals surface area contributed by atoms with Crippen LogP contribution in [0.1, 0.15) is 51.0 Å². The van der Waals surface area contributed by atoms with E-state index < -0.39 is 10.0 Å². The van der Waals surface area contributed by atoms with Gasteiger partial charge in [-0.2, -0.15) is 0 Å². The highest BCUT2D eigenvalue weighted by Crippen LogP contribution is 2.20. The van der Waals surface area contributed by atoms with E-state index in [1.54, 1.807) is 12.1 Å². The second-order valence-electron chi connectivity index (χ2n) is 7.11. The lowest BCUT2D eigenvalue weighted by Crippen LogP contribution is -2.38. The van der Waals surface area contributed by atoms with Crippen molar-refractivity contribution in [2.45, 2.75) is 62.9 Å². The van der Waals surface area contributed by atoms with Gasteiger partial charge in [0.25, 0.3) is 0 Å². The van der Waals surface area contributed by atoms with E-state index in [1.165, 1.54) is 44.2 Å². The second kappa shape index (κ2) is 14.2. The van der Waals surface area contributed by atoms with Gasteiger partial charge in [0.1, 0.15) is 0 Å². The number of halogens is 1. The molecule has 29 heavy (non-hydrogen) atoms. The molecule has 166 valence electrons. The molecule has 0 aromatic heterocycles. The number of rotatable bonds is 10. The van der Waals surface area contributed by atoms with E-state index in [9.17, 15) is 8.42 Å². The summed E-state index contributed by atoms with van der Waals surface area (Å²) in [4.78, 5) is 4.73. The first kappa shape index (κ1) is 26.1. The number of nitrogens with two attached hydrogens (primary N) is 1. The lowest BCUT2D eigenvalue weighted by atomic mass is 9.98. The number of nitrogens with zero attached hydrogens (tertiary/aromatic N) is 1. The van der Waals surface area contributed by atoms with Crippen LogP contribution < -0.4 is 15.8 Å². The minimum absolute atomic E-state index is 0. The average Bonchev–Trinajstić information content (AvgIpc) is 2.68. The summed E-state index contributed by atoms with van der Waals surface area (Å²) in [6, 6.07) is 6.65. The number of primary sulfonamides is 1. The van der Waals surface area contributed by atoms with Gasteiger partial charge in [-0.3, -0.25) is 4.99 Å². The zero-order chi connectivity index (χ0) is 20.2. The summed E-state index contributed by atoms with van der Waals surface area (Å²) in [6.45, 7) is 5.04. The van der Waals surface area contributed by atoms with Gasteiger partial charge in [-0.25, -0.2) is 13.6 Å². The molecule has 1 aliphatic rings. The summed E-state index contributed by atoms with van der Waals surface area (Å²) in [5.41, 5.74) is 1.04. The Morgan fingerprint density at radius 1 is 1.17 bits per heavy atom. The van der Waals surface area contributed by atoms with Crippen LogP contribution in [0.5, 0.6) is 0 Å². The van der Waals surface area contributed by atoms with Crippen molar-refractivity contribution >= 4 is 40.0 Å². The summed E-state index contributed by atoms with van der Waals surface area (Å²) in [6.07, 6.45) is 8.46. The molecule has 9 heteroatoms. The van der Waals surface area contributed by atoms with Gasteiger partial charge in [-0.05, 0) is 50.3 Å². The molecule has 0 radical (unpaired) electrons. The number of guanidine groups is 1. The van der Waals surface area contributed by atoms with E-state index in [2.05, 4.69) is 15.6 Å². The van der Waals surface area contributed by atoms with Crippen LogP contribution in [0.4, 0.5) is 0 Å². The average molecular weight is 538 g/mol. The summed E-state index contributed by atoms with van der Waals surface area (Å²) < 4.78 is 28.5. The third kappa shape index (κ3) is 10.6. The molecule has 1 fully saturated rings. The SMILES string of the molecule is CCNC(=NCCCOC1CCCCC1)NCCc1ccc(S(N)(=O)=O)cc1.I. The Morgan fingerprint density at radius 3 is 2.48 bits per heavy atom. The summed E-state index contributed by atoms with van der Waals surface area (Å²) >= 11 is 0. The lowest BCUT2D eigenvalue weighted by molar-refractivity contribution is 0.0281. The molecule has 0 unspecified atom stereocenters. The molecule has 0 spiro atoms. The molecule has 0 amide bonds. The number of hydrogen-bond acceptors (Lipinski definition) is 4. The van der Waals surface area contributed by atoms with Gasteiger partial charge in [0, 0.05) is 26.2 Å². The molecule has 0 saturated heterocycles. The zero-order valence-corrected chi connectivity index (χ0v) is 20.4. The molecule has 0 heterocycles. The van der Waals surface area contributed by atoms with Crippen molar-refractivity contribution in [3.63, 3.8) is 0 Å². The first-order chi connectivity index (χ1) is 13.5. The Labute approximate surface area is 192 Å². The molecule has 1 aromatic carbocycles. The van der Waals surface area contributed by atoms with Crippen molar-refractivity contribution in [3.8, 4) is 0 Å². The highest BCUT2D eigenvalue weighted by Gasteiger charge is 2.13. The molecule has 0 atom stereocenters. The van der Waals surface area contributed by atoms with E-state index >= 15 is 0 Å². The van der Waals surface area contributed by atoms with Crippen molar-refractivity contribution in [2.24, 2.45) is 10.1 Å². The third-order valence-corrected chi connectivity index (χ3v) is 5.71. The number of ether oxygens (including phenoxy) is 1. The van der Waals surface area contributed by atoms with Crippen LogP contribution in [0.25, 0.3) is 0 Å². The Morgan fingerprint density at radius 2 is 1.86 bits per heavy atom. The van der Waals surface area contributed by atoms with Crippen molar-refractivity contribution in [3.05, 3.63) is 29.8 Å². The molecule has 7 nitrogen and oxygen atoms in total. The van der Waals surface area contributed by atoms with Gasteiger partial charge in [0.05, 0.1) is 11.0 Å². The molecule has 4 N–H and O–H groups in total. The standard InChI is InChI=1S/C20H34N4O3S.HI/c1-2-22-20(23-14-6-16-27-18-7-4-3-5-8-18)24-15-13-17-9-11-19(12-10-17)28(21,25)26;/h9-12,18H,2-8,13-16H2,1H3,(H2,21,25,26)(H2,22,23,24);1H. The highest BCUT2D eigenvalue weighted by molar-refractivity contribution is 14.0. The van der Waals surface area contributed by atoms with E-state index in [1.807, 2.05) is 6.92 Å². The lowest BCUT2D eigenvalue weighted by Gasteiger charge is -2.21. The minimum atomic E-state index is -3.64. The molecular weight excluding hydrogens is 503 g/mol. The molecule has 0 aliphatic heterocycles. The fourth-order valence-electron chi connectivity index (χ4n) is 3.25. The maximum Gasteiger partial charge on any atom is 0.238 e. The van der Waals surface area contributed by atoms with Crippen molar-refractivity contribution in [1.29, 1.82) is 0 Å². The fraction of sp³-hybridized carbons (Fsp3) is 0.650. The highest BCUT2D eigenvalue weighted by atomic mass is 127. The number of sulfonamides is 1. The molecule has 1 aliphatic carbocycles. The molecule has 1 aromatic rings. The second-order valence-corrected chi connectivity index (χ2v) is 8.67. The molecular formula is C20H35IN4O3S. The van der Waals surface area contributed by atoms with E-state index in [4.69, 9.17) is 9.88 Å². The summed E-state index contributed by atoms with van der Waals surface area (Å²) in [5, 5.41) is 11.7. The Kier molecular flexibility index (Phi) is 12.8. The zero-order valence-electron chi connectivity index (χ0n) is 17.2. The van der Waals surface area contributed by atoms with Gasteiger partial charge < -0.3 is 15.4 Å². The van der Waals surface area contributed by atoms with Crippen LogP contribution in [0.3, 0.4) is 0 Å². The smallest absolute Gasteiger partial charge is 0.238 e. The first-order valence-corrected chi connectivity index (χ1v) is 11.8. The fourth-order valence-corrected chi connectivity index (χ4v) is 3.77.